The molecule has 2 aliphatic heterocycles. The Bertz CT molecular complexity index is 1230. The van der Waals surface area contributed by atoms with Crippen molar-refractivity contribution in [1.82, 2.24) is 9.80 Å². The van der Waals surface area contributed by atoms with Gasteiger partial charge in [0.05, 0.1) is 28.8 Å². The number of rotatable bonds is 6. The van der Waals surface area contributed by atoms with Crippen LogP contribution in [0.5, 0.6) is 0 Å². The monoisotopic (exact) mass is 542 g/mol. The Morgan fingerprint density at radius 3 is 2.46 bits per heavy atom. The minimum Gasteiger partial charge on any atom is -0.463 e. The van der Waals surface area contributed by atoms with E-state index in [1.54, 1.807) is 36.9 Å². The molecule has 0 spiro atoms. The molecule has 1 unspecified atom stereocenters. The number of hydrogen-bond acceptors (Lipinski definition) is 4. The van der Waals surface area contributed by atoms with Gasteiger partial charge in [-0.05, 0) is 68.0 Å². The summed E-state index contributed by atoms with van der Waals surface area (Å²) in [4.78, 5) is 43.0. The molecule has 0 bridgehead atoms. The van der Waals surface area contributed by atoms with E-state index in [0.29, 0.717) is 32.8 Å². The van der Waals surface area contributed by atoms with Crippen molar-refractivity contribution in [2.45, 2.75) is 52.5 Å². The van der Waals surface area contributed by atoms with E-state index in [-0.39, 0.29) is 31.4 Å². The molecule has 37 heavy (non-hydrogen) atoms. The lowest BCUT2D eigenvalue weighted by molar-refractivity contribution is -0.140. The van der Waals surface area contributed by atoms with Crippen LogP contribution in [-0.2, 0) is 20.9 Å². The number of ether oxygens (including phenoxy) is 1. The van der Waals surface area contributed by atoms with Crippen LogP contribution in [0.2, 0.25) is 10.0 Å². The molecular weight excluding hydrogens is 511 g/mol. The number of carbonyl (C=O) groups is 3. The fourth-order valence-electron chi connectivity index (χ4n) is 5.07. The van der Waals surface area contributed by atoms with E-state index >= 15 is 0 Å². The number of allylic oxidation sites excluding steroid dienone is 1. The molecule has 0 radical (unpaired) electrons. The summed E-state index contributed by atoms with van der Waals surface area (Å²) in [6.45, 7) is 7.71. The molecule has 0 aromatic heterocycles. The van der Waals surface area contributed by atoms with Crippen molar-refractivity contribution in [3.8, 4) is 0 Å². The first kappa shape index (κ1) is 27.2. The summed E-state index contributed by atoms with van der Waals surface area (Å²) < 4.78 is 5.37. The van der Waals surface area contributed by atoms with E-state index in [1.807, 2.05) is 29.2 Å². The first-order valence-corrected chi connectivity index (χ1v) is 13.5. The predicted molar refractivity (Wildman–Crippen MR) is 144 cm³/mol. The maximum Gasteiger partial charge on any atom is 0.336 e. The molecule has 2 aromatic carbocycles. The zero-order valence-electron chi connectivity index (χ0n) is 21.4. The van der Waals surface area contributed by atoms with Gasteiger partial charge in [-0.1, -0.05) is 48.3 Å². The molecule has 2 aliphatic rings. The number of nitrogens with zero attached hydrogens (tertiary/aromatic N) is 2. The largest absolute Gasteiger partial charge is 0.463 e. The Kier molecular flexibility index (Phi) is 8.60. The van der Waals surface area contributed by atoms with Crippen molar-refractivity contribution in [2.75, 3.05) is 19.7 Å². The minimum absolute atomic E-state index is 0.0119. The van der Waals surface area contributed by atoms with Crippen molar-refractivity contribution in [1.29, 1.82) is 0 Å². The lowest BCUT2D eigenvalue weighted by Crippen LogP contribution is -2.38. The number of amides is 2. The molecule has 8 heteroatoms. The summed E-state index contributed by atoms with van der Waals surface area (Å²) in [5.41, 5.74) is 3.12. The minimum atomic E-state index is -0.494. The lowest BCUT2D eigenvalue weighted by Gasteiger charge is -2.34. The molecule has 4 rings (SSSR count). The summed E-state index contributed by atoms with van der Waals surface area (Å²) >= 11 is 12.3. The molecule has 1 saturated heterocycles. The first-order valence-electron chi connectivity index (χ1n) is 12.7. The SMILES string of the molecule is CCOC(=O)C1=C(C)N(Cc2cccc(C(=O)N3CCC(C)CC3)c2)C(=O)CC1c1ccc(Cl)c(Cl)c1. The molecule has 1 atom stereocenters. The summed E-state index contributed by atoms with van der Waals surface area (Å²) in [6, 6.07) is 12.5. The quantitative estimate of drug-likeness (QED) is 0.406. The Balaban J connectivity index is 1.63. The molecule has 2 heterocycles. The van der Waals surface area contributed by atoms with Gasteiger partial charge < -0.3 is 14.5 Å². The Hall–Kier alpha value is -2.83. The average Bonchev–Trinajstić information content (AvgIpc) is 2.88. The lowest BCUT2D eigenvalue weighted by atomic mass is 9.83. The van der Waals surface area contributed by atoms with Gasteiger partial charge in [0.1, 0.15) is 0 Å². The standard InChI is InChI=1S/C29H32Cl2N2O4/c1-4-37-29(36)27-19(3)33(26(34)16-23(27)21-8-9-24(30)25(31)15-21)17-20-6-5-7-22(14-20)28(35)32-12-10-18(2)11-13-32/h5-9,14-15,18,23H,4,10-13,16-17H2,1-3H3. The highest BCUT2D eigenvalue weighted by Crippen LogP contribution is 2.39. The number of piperidine rings is 1. The molecule has 2 aromatic rings. The summed E-state index contributed by atoms with van der Waals surface area (Å²) in [5, 5.41) is 0.764. The third-order valence-corrected chi connectivity index (χ3v) is 7.99. The van der Waals surface area contributed by atoms with Gasteiger partial charge in [0.15, 0.2) is 0 Å². The highest BCUT2D eigenvalue weighted by atomic mass is 35.5. The second kappa shape index (κ2) is 11.7. The van der Waals surface area contributed by atoms with Gasteiger partial charge in [0.2, 0.25) is 5.91 Å². The van der Waals surface area contributed by atoms with E-state index in [9.17, 15) is 14.4 Å². The van der Waals surface area contributed by atoms with Crippen molar-refractivity contribution in [2.24, 2.45) is 5.92 Å². The second-order valence-corrected chi connectivity index (χ2v) is 10.6. The normalized spacial score (nSPS) is 18.8. The molecule has 196 valence electrons. The van der Waals surface area contributed by atoms with E-state index in [4.69, 9.17) is 27.9 Å². The van der Waals surface area contributed by atoms with Crippen LogP contribution in [0.15, 0.2) is 53.7 Å². The fourth-order valence-corrected chi connectivity index (χ4v) is 5.38. The van der Waals surface area contributed by atoms with E-state index in [0.717, 1.165) is 37.1 Å². The smallest absolute Gasteiger partial charge is 0.336 e. The molecule has 2 amide bonds. The number of likely N-dealkylation sites (tertiary alicyclic amines) is 1. The first-order chi connectivity index (χ1) is 17.7. The van der Waals surface area contributed by atoms with Crippen LogP contribution in [0.1, 0.15) is 67.4 Å². The third-order valence-electron chi connectivity index (χ3n) is 7.25. The number of carbonyl (C=O) groups excluding carboxylic acids is 3. The van der Waals surface area contributed by atoms with Gasteiger partial charge >= 0.3 is 5.97 Å². The molecule has 6 nitrogen and oxygen atoms in total. The van der Waals surface area contributed by atoms with Crippen molar-refractivity contribution in [3.05, 3.63) is 80.5 Å². The molecule has 1 fully saturated rings. The Labute approximate surface area is 228 Å². The van der Waals surface area contributed by atoms with Gasteiger partial charge in [0.25, 0.3) is 5.91 Å². The van der Waals surface area contributed by atoms with Crippen LogP contribution < -0.4 is 0 Å². The van der Waals surface area contributed by atoms with Crippen molar-refractivity contribution in [3.63, 3.8) is 0 Å². The van der Waals surface area contributed by atoms with Crippen molar-refractivity contribution < 1.29 is 19.1 Å². The Morgan fingerprint density at radius 2 is 1.78 bits per heavy atom. The molecular formula is C29H32Cl2N2O4. The number of hydrogen-bond donors (Lipinski definition) is 0. The molecule has 0 aliphatic carbocycles. The molecule has 0 N–H and O–H groups in total. The zero-order chi connectivity index (χ0) is 26.7. The highest BCUT2D eigenvalue weighted by molar-refractivity contribution is 6.42. The van der Waals surface area contributed by atoms with Gasteiger partial charge in [-0.25, -0.2) is 4.79 Å². The Morgan fingerprint density at radius 1 is 1.05 bits per heavy atom. The maximum absolute atomic E-state index is 13.4. The van der Waals surface area contributed by atoms with Gasteiger partial charge in [0, 0.05) is 36.7 Å². The topological polar surface area (TPSA) is 66.9 Å². The van der Waals surface area contributed by atoms with Crippen LogP contribution in [0.4, 0.5) is 0 Å². The van der Waals surface area contributed by atoms with Crippen molar-refractivity contribution >= 4 is 41.0 Å². The van der Waals surface area contributed by atoms with Crippen LogP contribution in [-0.4, -0.2) is 47.3 Å². The van der Waals surface area contributed by atoms with Crippen LogP contribution in [0.3, 0.4) is 0 Å². The van der Waals surface area contributed by atoms with Gasteiger partial charge in [-0.2, -0.15) is 0 Å². The predicted octanol–water partition coefficient (Wildman–Crippen LogP) is 6.22. The van der Waals surface area contributed by atoms with Crippen LogP contribution in [0, 0.1) is 5.92 Å². The number of esters is 1. The second-order valence-electron chi connectivity index (χ2n) is 9.80. The third kappa shape index (κ3) is 6.02. The average molecular weight is 543 g/mol. The summed E-state index contributed by atoms with van der Waals surface area (Å²) in [7, 11) is 0. The van der Waals surface area contributed by atoms with Gasteiger partial charge in [-0.3, -0.25) is 9.59 Å². The van der Waals surface area contributed by atoms with Gasteiger partial charge in [-0.15, -0.1) is 0 Å². The van der Waals surface area contributed by atoms with E-state index in [1.165, 1.54) is 0 Å². The van der Waals surface area contributed by atoms with Crippen LogP contribution in [0.25, 0.3) is 0 Å². The number of benzene rings is 2. The van der Waals surface area contributed by atoms with E-state index in [2.05, 4.69) is 6.92 Å². The highest BCUT2D eigenvalue weighted by Gasteiger charge is 2.37. The number of halogens is 2. The zero-order valence-corrected chi connectivity index (χ0v) is 22.9. The summed E-state index contributed by atoms with van der Waals surface area (Å²) in [5.74, 6) is -0.429. The molecule has 0 saturated carbocycles. The van der Waals surface area contributed by atoms with Crippen LogP contribution >= 0.6 is 23.2 Å². The van der Waals surface area contributed by atoms with E-state index < -0.39 is 11.9 Å². The summed E-state index contributed by atoms with van der Waals surface area (Å²) in [6.07, 6.45) is 2.11. The fraction of sp³-hybridized carbons (Fsp3) is 0.414. The maximum atomic E-state index is 13.4.